The Morgan fingerprint density at radius 1 is 1.00 bits per heavy atom. The van der Waals surface area contributed by atoms with Crippen molar-refractivity contribution in [2.24, 2.45) is 0 Å². The van der Waals surface area contributed by atoms with Crippen LogP contribution < -0.4 is 4.74 Å². The number of ether oxygens (including phenoxy) is 1. The van der Waals surface area contributed by atoms with Crippen LogP contribution in [0.2, 0.25) is 0 Å². The first-order valence-corrected chi connectivity index (χ1v) is 7.11. The zero-order chi connectivity index (χ0) is 16.7. The van der Waals surface area contributed by atoms with Gasteiger partial charge >= 0.3 is 0 Å². The molecule has 23 heavy (non-hydrogen) atoms. The van der Waals surface area contributed by atoms with E-state index in [0.717, 1.165) is 17.7 Å². The Balaban J connectivity index is 1.85. The molecule has 0 aliphatic rings. The van der Waals surface area contributed by atoms with E-state index >= 15 is 0 Å². The van der Waals surface area contributed by atoms with Gasteiger partial charge in [0, 0.05) is 6.07 Å². The molecular formula is C18H14F2N2O. The quantitative estimate of drug-likeness (QED) is 0.747. The molecule has 2 aromatic carbocycles. The van der Waals surface area contributed by atoms with Crippen LogP contribution in [0, 0.1) is 34.3 Å². The zero-order valence-corrected chi connectivity index (χ0v) is 12.3. The van der Waals surface area contributed by atoms with Gasteiger partial charge in [-0.25, -0.2) is 8.78 Å². The van der Waals surface area contributed by atoms with Crippen molar-refractivity contribution in [1.29, 1.82) is 10.5 Å². The van der Waals surface area contributed by atoms with Crippen molar-refractivity contribution in [2.45, 2.75) is 18.8 Å². The summed E-state index contributed by atoms with van der Waals surface area (Å²) < 4.78 is 31.2. The van der Waals surface area contributed by atoms with Crippen molar-refractivity contribution < 1.29 is 13.5 Å². The maximum absolute atomic E-state index is 13.0. The van der Waals surface area contributed by atoms with E-state index in [0.29, 0.717) is 25.0 Å². The molecule has 0 amide bonds. The van der Waals surface area contributed by atoms with Gasteiger partial charge in [-0.05, 0) is 42.7 Å². The van der Waals surface area contributed by atoms with Crippen molar-refractivity contribution in [1.82, 2.24) is 0 Å². The van der Waals surface area contributed by atoms with Crippen LogP contribution in [-0.4, -0.2) is 6.61 Å². The van der Waals surface area contributed by atoms with Gasteiger partial charge in [-0.1, -0.05) is 12.1 Å². The number of halogens is 2. The lowest BCUT2D eigenvalue weighted by Gasteiger charge is -2.10. The van der Waals surface area contributed by atoms with E-state index in [4.69, 9.17) is 10.00 Å². The smallest absolute Gasteiger partial charge is 0.162 e. The predicted octanol–water partition coefficient (Wildman–Crippen LogP) is 4.30. The van der Waals surface area contributed by atoms with Gasteiger partial charge in [0.2, 0.25) is 0 Å². The number of nitrogens with zero attached hydrogens (tertiary/aromatic N) is 2. The Bertz CT molecular complexity index is 745. The third kappa shape index (κ3) is 4.52. The molecule has 0 spiro atoms. The average molecular weight is 312 g/mol. The van der Waals surface area contributed by atoms with Crippen LogP contribution in [0.3, 0.4) is 0 Å². The maximum atomic E-state index is 13.0. The zero-order valence-electron chi connectivity index (χ0n) is 12.3. The molecule has 0 aliphatic heterocycles. The van der Waals surface area contributed by atoms with Gasteiger partial charge in [-0.3, -0.25) is 0 Å². The van der Waals surface area contributed by atoms with Gasteiger partial charge in [-0.15, -0.1) is 0 Å². The highest BCUT2D eigenvalue weighted by Gasteiger charge is 2.10. The first kappa shape index (κ1) is 16.5. The minimum atomic E-state index is -0.949. The van der Waals surface area contributed by atoms with E-state index in [1.54, 1.807) is 24.3 Å². The summed E-state index contributed by atoms with van der Waals surface area (Å²) in [6.45, 7) is 0.305. The normalized spacial score (nSPS) is 11.3. The molecule has 116 valence electrons. The minimum absolute atomic E-state index is 0.260. The molecule has 0 saturated carbocycles. The monoisotopic (exact) mass is 312 g/mol. The highest BCUT2D eigenvalue weighted by molar-refractivity contribution is 5.34. The summed E-state index contributed by atoms with van der Waals surface area (Å²) in [5.74, 6) is -1.90. The van der Waals surface area contributed by atoms with Crippen LogP contribution in [-0.2, 0) is 0 Å². The van der Waals surface area contributed by atoms with Crippen molar-refractivity contribution in [3.63, 3.8) is 0 Å². The lowest BCUT2D eigenvalue weighted by molar-refractivity contribution is 0.302. The van der Waals surface area contributed by atoms with Crippen LogP contribution in [0.4, 0.5) is 8.78 Å². The second-order valence-electron chi connectivity index (χ2n) is 4.98. The maximum Gasteiger partial charge on any atom is 0.162 e. The molecule has 0 aliphatic carbocycles. The number of hydrogen-bond donors (Lipinski definition) is 0. The lowest BCUT2D eigenvalue weighted by Crippen LogP contribution is -2.02. The molecule has 5 heteroatoms. The summed E-state index contributed by atoms with van der Waals surface area (Å²) in [6, 6.07) is 14.5. The Morgan fingerprint density at radius 3 is 2.35 bits per heavy atom. The molecule has 2 rings (SSSR count). The third-order valence-electron chi connectivity index (χ3n) is 3.39. The lowest BCUT2D eigenvalue weighted by atomic mass is 9.95. The molecule has 0 bridgehead atoms. The molecule has 0 radical (unpaired) electrons. The molecule has 0 N–H and O–H groups in total. The second kappa shape index (κ2) is 7.91. The van der Waals surface area contributed by atoms with Gasteiger partial charge in [-0.2, -0.15) is 10.5 Å². The van der Waals surface area contributed by atoms with Crippen LogP contribution >= 0.6 is 0 Å². The summed E-state index contributed by atoms with van der Waals surface area (Å²) in [5.41, 5.74) is 1.39. The number of hydrogen-bond acceptors (Lipinski definition) is 3. The molecule has 0 aromatic heterocycles. The van der Waals surface area contributed by atoms with Gasteiger partial charge in [0.1, 0.15) is 5.75 Å². The minimum Gasteiger partial charge on any atom is -0.493 e. The molecule has 1 unspecified atom stereocenters. The van der Waals surface area contributed by atoms with E-state index in [2.05, 4.69) is 6.07 Å². The number of rotatable bonds is 6. The topological polar surface area (TPSA) is 56.8 Å². The fourth-order valence-corrected chi connectivity index (χ4v) is 2.14. The summed E-state index contributed by atoms with van der Waals surface area (Å²) in [4.78, 5) is 0. The van der Waals surface area contributed by atoms with Crippen LogP contribution in [0.25, 0.3) is 0 Å². The fraction of sp³-hybridized carbons (Fsp3) is 0.222. The van der Waals surface area contributed by atoms with Crippen molar-refractivity contribution in [3.8, 4) is 17.9 Å². The second-order valence-corrected chi connectivity index (χ2v) is 4.98. The summed E-state index contributed by atoms with van der Waals surface area (Å²) >= 11 is 0. The molecule has 0 fully saturated rings. The standard InChI is InChI=1S/C18H14F2N2O/c19-17-8-7-16(10-18(17)20)23-9-1-2-15(12-22)14-5-3-13(11-21)4-6-14/h3-8,10,15H,1-2,9H2. The Labute approximate surface area is 133 Å². The van der Waals surface area contributed by atoms with Gasteiger partial charge < -0.3 is 4.74 Å². The third-order valence-corrected chi connectivity index (χ3v) is 3.39. The van der Waals surface area contributed by atoms with E-state index in [-0.39, 0.29) is 11.7 Å². The number of benzene rings is 2. The summed E-state index contributed by atoms with van der Waals surface area (Å²) in [5, 5.41) is 18.0. The van der Waals surface area contributed by atoms with Gasteiger partial charge in [0.15, 0.2) is 11.6 Å². The van der Waals surface area contributed by atoms with Gasteiger partial charge in [0.25, 0.3) is 0 Å². The Morgan fingerprint density at radius 2 is 1.74 bits per heavy atom. The predicted molar refractivity (Wildman–Crippen MR) is 80.6 cm³/mol. The highest BCUT2D eigenvalue weighted by Crippen LogP contribution is 2.22. The van der Waals surface area contributed by atoms with Crippen molar-refractivity contribution >= 4 is 0 Å². The molecule has 1 atom stereocenters. The SMILES string of the molecule is N#Cc1ccc(C(C#N)CCCOc2ccc(F)c(F)c2)cc1. The summed E-state index contributed by atoms with van der Waals surface area (Å²) in [7, 11) is 0. The Hall–Kier alpha value is -2.92. The fourth-order valence-electron chi connectivity index (χ4n) is 2.14. The van der Waals surface area contributed by atoms with Crippen LogP contribution in [0.15, 0.2) is 42.5 Å². The van der Waals surface area contributed by atoms with Crippen LogP contribution in [0.5, 0.6) is 5.75 Å². The van der Waals surface area contributed by atoms with Crippen molar-refractivity contribution in [2.75, 3.05) is 6.61 Å². The number of nitriles is 2. The van der Waals surface area contributed by atoms with E-state index in [1.165, 1.54) is 6.07 Å². The molecule has 0 saturated heterocycles. The van der Waals surface area contributed by atoms with Crippen LogP contribution in [0.1, 0.15) is 29.9 Å². The average Bonchev–Trinajstić information content (AvgIpc) is 2.58. The van der Waals surface area contributed by atoms with E-state index in [1.807, 2.05) is 6.07 Å². The first-order chi connectivity index (χ1) is 11.1. The highest BCUT2D eigenvalue weighted by atomic mass is 19.2. The summed E-state index contributed by atoms with van der Waals surface area (Å²) in [6.07, 6.45) is 1.17. The Kier molecular flexibility index (Phi) is 5.66. The molecular weight excluding hydrogens is 298 g/mol. The van der Waals surface area contributed by atoms with E-state index in [9.17, 15) is 14.0 Å². The molecule has 2 aromatic rings. The van der Waals surface area contributed by atoms with Crippen molar-refractivity contribution in [3.05, 3.63) is 65.2 Å². The molecule has 0 heterocycles. The van der Waals surface area contributed by atoms with Gasteiger partial charge in [0.05, 0.1) is 30.2 Å². The largest absolute Gasteiger partial charge is 0.493 e. The molecule has 3 nitrogen and oxygen atoms in total. The van der Waals surface area contributed by atoms with E-state index < -0.39 is 11.6 Å². The first-order valence-electron chi connectivity index (χ1n) is 7.11.